The largest absolute Gasteiger partial charge is 0.379 e. The number of aliphatic imine (C=N–C) groups is 1. The molecule has 8 nitrogen and oxygen atoms in total. The fraction of sp³-hybridized carbons (Fsp3) is 0.632. The third-order valence-corrected chi connectivity index (χ3v) is 6.83. The van der Waals surface area contributed by atoms with E-state index in [-0.39, 0.29) is 35.4 Å². The van der Waals surface area contributed by atoms with Crippen LogP contribution in [0, 0.1) is 0 Å². The quantitative estimate of drug-likeness (QED) is 0.224. The zero-order chi connectivity index (χ0) is 20.7. The minimum Gasteiger partial charge on any atom is -0.379 e. The first-order chi connectivity index (χ1) is 14.0. The molecular weight excluding hydrogens is 541 g/mol. The molecule has 170 valence electrons. The van der Waals surface area contributed by atoms with Gasteiger partial charge >= 0.3 is 0 Å². The van der Waals surface area contributed by atoms with Gasteiger partial charge in [0.25, 0.3) is 0 Å². The van der Waals surface area contributed by atoms with Crippen LogP contribution in [0.5, 0.6) is 0 Å². The van der Waals surface area contributed by atoms with E-state index < -0.39 is 10.0 Å². The second kappa shape index (κ2) is 12.4. The first kappa shape index (κ1) is 25.6. The van der Waals surface area contributed by atoms with Crippen LogP contribution < -0.4 is 10.0 Å². The van der Waals surface area contributed by atoms with Gasteiger partial charge in [0.05, 0.1) is 24.7 Å². The molecular formula is C19H31ClIN5O3S. The van der Waals surface area contributed by atoms with Crippen LogP contribution in [0.25, 0.3) is 0 Å². The fourth-order valence-electron chi connectivity index (χ4n) is 3.66. The van der Waals surface area contributed by atoms with Crippen molar-refractivity contribution in [2.75, 3.05) is 59.0 Å². The Hall–Kier alpha value is -0.660. The minimum absolute atomic E-state index is 0. The van der Waals surface area contributed by atoms with Crippen molar-refractivity contribution in [2.45, 2.75) is 24.3 Å². The number of morpholine rings is 1. The number of benzene rings is 1. The SMILES string of the molecule is CCNC(=NCCNS(=O)(=O)c1cccc(Cl)c1)N1CCC(N2CCOCC2)C1.I. The van der Waals surface area contributed by atoms with Crippen LogP contribution in [0.15, 0.2) is 34.2 Å². The Bertz CT molecular complexity index is 805. The van der Waals surface area contributed by atoms with Crippen LogP contribution in [0.4, 0.5) is 0 Å². The van der Waals surface area contributed by atoms with Crippen molar-refractivity contribution < 1.29 is 13.2 Å². The van der Waals surface area contributed by atoms with Gasteiger partial charge in [-0.05, 0) is 31.5 Å². The lowest BCUT2D eigenvalue weighted by atomic mass is 10.2. The second-order valence-electron chi connectivity index (χ2n) is 7.13. The highest BCUT2D eigenvalue weighted by Gasteiger charge is 2.30. The van der Waals surface area contributed by atoms with E-state index >= 15 is 0 Å². The van der Waals surface area contributed by atoms with Crippen LogP contribution in [-0.4, -0.2) is 89.2 Å². The van der Waals surface area contributed by atoms with E-state index in [1.165, 1.54) is 12.1 Å². The molecule has 0 aromatic heterocycles. The normalized spacial score (nSPS) is 20.8. The van der Waals surface area contributed by atoms with Gasteiger partial charge in [-0.3, -0.25) is 9.89 Å². The maximum atomic E-state index is 12.4. The lowest BCUT2D eigenvalue weighted by Crippen LogP contribution is -2.46. The molecule has 2 fully saturated rings. The fourth-order valence-corrected chi connectivity index (χ4v) is 4.98. The average molecular weight is 572 g/mol. The van der Waals surface area contributed by atoms with Crippen LogP contribution >= 0.6 is 35.6 Å². The van der Waals surface area contributed by atoms with E-state index in [1.54, 1.807) is 12.1 Å². The summed E-state index contributed by atoms with van der Waals surface area (Å²) in [6.07, 6.45) is 1.10. The lowest BCUT2D eigenvalue weighted by Gasteiger charge is -2.32. The van der Waals surface area contributed by atoms with Crippen molar-refractivity contribution in [3.8, 4) is 0 Å². The summed E-state index contributed by atoms with van der Waals surface area (Å²) in [5, 5.41) is 3.72. The van der Waals surface area contributed by atoms with Gasteiger partial charge < -0.3 is 15.0 Å². The smallest absolute Gasteiger partial charge is 0.240 e. The Morgan fingerprint density at radius 1 is 1.30 bits per heavy atom. The number of likely N-dealkylation sites (tertiary alicyclic amines) is 1. The Labute approximate surface area is 201 Å². The molecule has 11 heteroatoms. The summed E-state index contributed by atoms with van der Waals surface area (Å²) < 4.78 is 32.8. The number of rotatable bonds is 7. The molecule has 30 heavy (non-hydrogen) atoms. The monoisotopic (exact) mass is 571 g/mol. The molecule has 0 aliphatic carbocycles. The highest BCUT2D eigenvalue weighted by atomic mass is 127. The van der Waals surface area contributed by atoms with Crippen LogP contribution in [0.2, 0.25) is 5.02 Å². The molecule has 3 rings (SSSR count). The number of nitrogens with one attached hydrogen (secondary N) is 2. The van der Waals surface area contributed by atoms with Gasteiger partial charge in [0.15, 0.2) is 5.96 Å². The Kier molecular flexibility index (Phi) is 10.6. The third-order valence-electron chi connectivity index (χ3n) is 5.13. The lowest BCUT2D eigenvalue weighted by molar-refractivity contribution is 0.0195. The molecule has 1 unspecified atom stereocenters. The summed E-state index contributed by atoms with van der Waals surface area (Å²) in [5.41, 5.74) is 0. The summed E-state index contributed by atoms with van der Waals surface area (Å²) >= 11 is 5.89. The molecule has 2 N–H and O–H groups in total. The van der Waals surface area contributed by atoms with E-state index in [9.17, 15) is 8.42 Å². The first-order valence-corrected chi connectivity index (χ1v) is 12.0. The van der Waals surface area contributed by atoms with Gasteiger partial charge in [-0.25, -0.2) is 13.1 Å². The zero-order valence-corrected chi connectivity index (χ0v) is 21.1. The van der Waals surface area contributed by atoms with Crippen molar-refractivity contribution in [2.24, 2.45) is 4.99 Å². The summed E-state index contributed by atoms with van der Waals surface area (Å²) in [5.74, 6) is 0.838. The topological polar surface area (TPSA) is 86.3 Å². The van der Waals surface area contributed by atoms with E-state index in [2.05, 4.69) is 24.8 Å². The summed E-state index contributed by atoms with van der Waals surface area (Å²) in [7, 11) is -3.59. The van der Waals surface area contributed by atoms with E-state index in [4.69, 9.17) is 16.3 Å². The molecule has 0 radical (unpaired) electrons. The van der Waals surface area contributed by atoms with Gasteiger partial charge in [0, 0.05) is 50.3 Å². The van der Waals surface area contributed by atoms with Gasteiger partial charge in [-0.2, -0.15) is 0 Å². The maximum Gasteiger partial charge on any atom is 0.240 e. The number of nitrogens with zero attached hydrogens (tertiary/aromatic N) is 3. The van der Waals surface area contributed by atoms with Crippen molar-refractivity contribution in [3.63, 3.8) is 0 Å². The molecule has 0 bridgehead atoms. The van der Waals surface area contributed by atoms with Gasteiger partial charge in [-0.1, -0.05) is 17.7 Å². The van der Waals surface area contributed by atoms with E-state index in [1.807, 2.05) is 6.92 Å². The molecule has 0 saturated carbocycles. The number of ether oxygens (including phenoxy) is 1. The molecule has 1 aromatic rings. The Balaban J connectivity index is 0.00000320. The van der Waals surface area contributed by atoms with E-state index in [0.29, 0.717) is 17.6 Å². The molecule has 1 atom stereocenters. The number of sulfonamides is 1. The number of hydrogen-bond donors (Lipinski definition) is 2. The summed E-state index contributed by atoms with van der Waals surface area (Å²) in [4.78, 5) is 9.54. The maximum absolute atomic E-state index is 12.4. The number of halogens is 2. The molecule has 2 aliphatic heterocycles. The third kappa shape index (κ3) is 7.20. The molecule has 0 spiro atoms. The van der Waals surface area contributed by atoms with Crippen molar-refractivity contribution in [1.82, 2.24) is 19.8 Å². The molecule has 0 amide bonds. The first-order valence-electron chi connectivity index (χ1n) is 10.1. The molecule has 2 saturated heterocycles. The predicted molar refractivity (Wildman–Crippen MR) is 130 cm³/mol. The van der Waals surface area contributed by atoms with Gasteiger partial charge in [0.2, 0.25) is 10.0 Å². The van der Waals surface area contributed by atoms with E-state index in [0.717, 1.165) is 58.3 Å². The summed E-state index contributed by atoms with van der Waals surface area (Å²) in [6, 6.07) is 6.75. The molecule has 2 heterocycles. The standard InChI is InChI=1S/C19H30ClN5O3S.HI/c1-2-21-19(25-9-6-17(15-25)24-10-12-28-13-11-24)22-7-8-23-29(26,27)18-5-3-4-16(20)14-18;/h3-5,14,17,23H,2,6-13,15H2,1H3,(H,21,22);1H. The van der Waals surface area contributed by atoms with Crippen LogP contribution in [0.3, 0.4) is 0 Å². The van der Waals surface area contributed by atoms with Gasteiger partial charge in [0.1, 0.15) is 0 Å². The van der Waals surface area contributed by atoms with Crippen molar-refractivity contribution in [1.29, 1.82) is 0 Å². The number of hydrogen-bond acceptors (Lipinski definition) is 5. The minimum atomic E-state index is -3.59. The predicted octanol–water partition coefficient (Wildman–Crippen LogP) is 1.61. The van der Waals surface area contributed by atoms with Crippen molar-refractivity contribution >= 4 is 51.6 Å². The zero-order valence-electron chi connectivity index (χ0n) is 17.2. The average Bonchev–Trinajstić information content (AvgIpc) is 3.21. The van der Waals surface area contributed by atoms with Gasteiger partial charge in [-0.15, -0.1) is 24.0 Å². The summed E-state index contributed by atoms with van der Waals surface area (Å²) in [6.45, 7) is 8.84. The highest BCUT2D eigenvalue weighted by molar-refractivity contribution is 14.0. The number of guanidine groups is 1. The Morgan fingerprint density at radius 2 is 2.07 bits per heavy atom. The highest BCUT2D eigenvalue weighted by Crippen LogP contribution is 2.17. The van der Waals surface area contributed by atoms with Crippen molar-refractivity contribution in [3.05, 3.63) is 29.3 Å². The van der Waals surface area contributed by atoms with Crippen LogP contribution in [-0.2, 0) is 14.8 Å². The second-order valence-corrected chi connectivity index (χ2v) is 9.33. The molecule has 1 aromatic carbocycles. The molecule has 2 aliphatic rings. The van der Waals surface area contributed by atoms with Crippen LogP contribution in [0.1, 0.15) is 13.3 Å². The Morgan fingerprint density at radius 3 is 2.77 bits per heavy atom.